The van der Waals surface area contributed by atoms with Crippen molar-refractivity contribution in [2.75, 3.05) is 6.54 Å². The average molecular weight is 214 g/mol. The Morgan fingerprint density at radius 1 is 1.64 bits per heavy atom. The Morgan fingerprint density at radius 3 is 2.57 bits per heavy atom. The predicted molar refractivity (Wildman–Crippen MR) is 60.1 cm³/mol. The largest absolute Gasteiger partial charge is 0.401 e. The van der Waals surface area contributed by atoms with Crippen LogP contribution in [0.3, 0.4) is 0 Å². The first-order valence-electron chi connectivity index (χ1n) is 4.59. The molecule has 0 bridgehead atoms. The summed E-state index contributed by atoms with van der Waals surface area (Å²) in [6.07, 6.45) is 1.04. The fourth-order valence-corrected chi connectivity index (χ4v) is 1.00. The third-order valence-electron chi connectivity index (χ3n) is 1.95. The first-order chi connectivity index (χ1) is 6.52. The molecular formula is C10H16ClN3. The summed E-state index contributed by atoms with van der Waals surface area (Å²) in [6.45, 7) is 6.44. The number of nitrogens with two attached hydrogens (primary N) is 1. The molecule has 0 radical (unpaired) electrons. The lowest BCUT2D eigenvalue weighted by Crippen LogP contribution is -2.05. The van der Waals surface area contributed by atoms with Crippen molar-refractivity contribution in [2.24, 2.45) is 16.6 Å². The molecule has 0 aliphatic rings. The molecule has 1 unspecified atom stereocenters. The van der Waals surface area contributed by atoms with Gasteiger partial charge in [-0.2, -0.15) is 5.26 Å². The standard InChI is InChI=1S/C10H16ClN3/c1-4-7(2)6-14-10(11)9(5-12)8(3)13/h7H,4,6,13H2,1-3H3/b9-8+,14-10?. The number of hydrogen-bond donors (Lipinski definition) is 1. The molecule has 0 heterocycles. The van der Waals surface area contributed by atoms with Crippen LogP contribution in [-0.2, 0) is 0 Å². The van der Waals surface area contributed by atoms with Crippen molar-refractivity contribution in [3.63, 3.8) is 0 Å². The quantitative estimate of drug-likeness (QED) is 0.576. The molecule has 1 atom stereocenters. The van der Waals surface area contributed by atoms with Crippen molar-refractivity contribution >= 4 is 16.8 Å². The highest BCUT2D eigenvalue weighted by molar-refractivity contribution is 6.70. The van der Waals surface area contributed by atoms with Crippen molar-refractivity contribution in [3.05, 3.63) is 11.3 Å². The Morgan fingerprint density at radius 2 is 2.21 bits per heavy atom. The molecule has 0 amide bonds. The van der Waals surface area contributed by atoms with Gasteiger partial charge in [-0.05, 0) is 12.8 Å². The number of aliphatic imine (C=N–C) groups is 1. The predicted octanol–water partition coefficient (Wildman–Crippen LogP) is 2.43. The van der Waals surface area contributed by atoms with Gasteiger partial charge in [0.1, 0.15) is 16.8 Å². The molecule has 2 N–H and O–H groups in total. The van der Waals surface area contributed by atoms with E-state index in [1.807, 2.05) is 6.07 Å². The topological polar surface area (TPSA) is 62.2 Å². The molecule has 0 aromatic heterocycles. The van der Waals surface area contributed by atoms with Crippen LogP contribution in [0.25, 0.3) is 0 Å². The van der Waals surface area contributed by atoms with Crippen LogP contribution in [0.5, 0.6) is 0 Å². The van der Waals surface area contributed by atoms with Gasteiger partial charge in [-0.25, -0.2) is 0 Å². The van der Waals surface area contributed by atoms with E-state index in [9.17, 15) is 0 Å². The van der Waals surface area contributed by atoms with Crippen LogP contribution in [0.1, 0.15) is 27.2 Å². The summed E-state index contributed by atoms with van der Waals surface area (Å²) in [4.78, 5) is 4.11. The molecule has 0 saturated carbocycles. The lowest BCUT2D eigenvalue weighted by molar-refractivity contribution is 0.577. The smallest absolute Gasteiger partial charge is 0.143 e. The molecule has 0 fully saturated rings. The molecular weight excluding hydrogens is 198 g/mol. The highest BCUT2D eigenvalue weighted by Gasteiger charge is 2.06. The normalized spacial score (nSPS) is 15.8. The van der Waals surface area contributed by atoms with Crippen LogP contribution in [0.2, 0.25) is 0 Å². The van der Waals surface area contributed by atoms with Crippen LogP contribution in [0.15, 0.2) is 16.3 Å². The Hall–Kier alpha value is -1.01. The highest BCUT2D eigenvalue weighted by atomic mass is 35.5. The van der Waals surface area contributed by atoms with Crippen LogP contribution in [-0.4, -0.2) is 11.7 Å². The van der Waals surface area contributed by atoms with Gasteiger partial charge in [-0.15, -0.1) is 0 Å². The average Bonchev–Trinajstić information content (AvgIpc) is 2.14. The molecule has 0 aromatic rings. The SMILES string of the molecule is CCC(C)CN=C(Cl)/C(C#N)=C(\C)N. The second-order valence-electron chi connectivity index (χ2n) is 3.31. The van der Waals surface area contributed by atoms with Crippen molar-refractivity contribution in [3.8, 4) is 6.07 Å². The molecule has 0 aliphatic carbocycles. The zero-order chi connectivity index (χ0) is 11.1. The van der Waals surface area contributed by atoms with E-state index in [-0.39, 0.29) is 10.7 Å². The van der Waals surface area contributed by atoms with Crippen LogP contribution in [0.4, 0.5) is 0 Å². The summed E-state index contributed by atoms with van der Waals surface area (Å²) >= 11 is 5.83. The number of halogens is 1. The van der Waals surface area contributed by atoms with Gasteiger partial charge in [0.25, 0.3) is 0 Å². The van der Waals surface area contributed by atoms with Gasteiger partial charge in [0.2, 0.25) is 0 Å². The summed E-state index contributed by atoms with van der Waals surface area (Å²) in [6, 6.07) is 1.93. The maximum absolute atomic E-state index is 8.74. The van der Waals surface area contributed by atoms with Crippen molar-refractivity contribution in [2.45, 2.75) is 27.2 Å². The first kappa shape index (κ1) is 13.0. The summed E-state index contributed by atoms with van der Waals surface area (Å²) in [5.74, 6) is 0.474. The second-order valence-corrected chi connectivity index (χ2v) is 3.67. The molecule has 78 valence electrons. The fourth-order valence-electron chi connectivity index (χ4n) is 0.741. The van der Waals surface area contributed by atoms with Gasteiger partial charge in [0.05, 0.1) is 0 Å². The van der Waals surface area contributed by atoms with Crippen LogP contribution >= 0.6 is 11.6 Å². The minimum absolute atomic E-state index is 0.216. The third kappa shape index (κ3) is 4.29. The first-order valence-corrected chi connectivity index (χ1v) is 4.97. The molecule has 0 rings (SSSR count). The molecule has 4 heteroatoms. The van der Waals surface area contributed by atoms with E-state index in [0.29, 0.717) is 18.2 Å². The zero-order valence-electron chi connectivity index (χ0n) is 8.84. The lowest BCUT2D eigenvalue weighted by Gasteiger charge is -2.04. The summed E-state index contributed by atoms with van der Waals surface area (Å²) in [7, 11) is 0. The Balaban J connectivity index is 4.54. The molecule has 0 spiro atoms. The monoisotopic (exact) mass is 213 g/mol. The molecule has 14 heavy (non-hydrogen) atoms. The van der Waals surface area contributed by atoms with Crippen molar-refractivity contribution in [1.29, 1.82) is 5.26 Å². The van der Waals surface area contributed by atoms with Gasteiger partial charge in [-0.3, -0.25) is 4.99 Å². The van der Waals surface area contributed by atoms with E-state index in [4.69, 9.17) is 22.6 Å². The lowest BCUT2D eigenvalue weighted by atomic mass is 10.1. The van der Waals surface area contributed by atoms with Crippen LogP contribution < -0.4 is 5.73 Å². The summed E-state index contributed by atoms with van der Waals surface area (Å²) in [5, 5.41) is 8.95. The van der Waals surface area contributed by atoms with E-state index in [0.717, 1.165) is 6.42 Å². The second kappa shape index (κ2) is 6.44. The summed E-state index contributed by atoms with van der Waals surface area (Å²) in [5.41, 5.74) is 6.16. The van der Waals surface area contributed by atoms with Crippen molar-refractivity contribution < 1.29 is 0 Å². The summed E-state index contributed by atoms with van der Waals surface area (Å²) < 4.78 is 0. The molecule has 0 saturated heterocycles. The number of hydrogen-bond acceptors (Lipinski definition) is 3. The van der Waals surface area contributed by atoms with Gasteiger partial charge in [0.15, 0.2) is 0 Å². The van der Waals surface area contributed by atoms with Gasteiger partial charge < -0.3 is 5.73 Å². The molecule has 0 aliphatic heterocycles. The van der Waals surface area contributed by atoms with E-state index in [1.54, 1.807) is 6.92 Å². The van der Waals surface area contributed by atoms with Gasteiger partial charge in [-0.1, -0.05) is 31.9 Å². The van der Waals surface area contributed by atoms with E-state index in [2.05, 4.69) is 18.8 Å². The molecule has 0 aromatic carbocycles. The minimum Gasteiger partial charge on any atom is -0.401 e. The number of nitriles is 1. The van der Waals surface area contributed by atoms with Gasteiger partial charge in [0, 0.05) is 12.2 Å². The number of allylic oxidation sites excluding steroid dienone is 2. The minimum atomic E-state index is 0.216. The Bertz CT molecular complexity index is 282. The van der Waals surface area contributed by atoms with Crippen molar-refractivity contribution in [1.82, 2.24) is 0 Å². The maximum atomic E-state index is 8.74. The number of rotatable bonds is 4. The third-order valence-corrected chi connectivity index (χ3v) is 2.26. The van der Waals surface area contributed by atoms with Crippen LogP contribution in [0, 0.1) is 17.2 Å². The Labute approximate surface area is 90.3 Å². The highest BCUT2D eigenvalue weighted by Crippen LogP contribution is 2.07. The van der Waals surface area contributed by atoms with E-state index in [1.165, 1.54) is 0 Å². The number of nitrogens with zero attached hydrogens (tertiary/aromatic N) is 2. The van der Waals surface area contributed by atoms with Gasteiger partial charge >= 0.3 is 0 Å². The fraction of sp³-hybridized carbons (Fsp3) is 0.600. The Kier molecular flexibility index (Phi) is 5.98. The van der Waals surface area contributed by atoms with E-state index >= 15 is 0 Å². The zero-order valence-corrected chi connectivity index (χ0v) is 9.60. The maximum Gasteiger partial charge on any atom is 0.143 e. The molecule has 3 nitrogen and oxygen atoms in total. The van der Waals surface area contributed by atoms with E-state index < -0.39 is 0 Å².